The van der Waals surface area contributed by atoms with E-state index in [9.17, 15) is 14.4 Å². The molecule has 0 fully saturated rings. The second-order valence-electron chi connectivity index (χ2n) is 2.33. The molecule has 0 aromatic heterocycles. The van der Waals surface area contributed by atoms with Crippen molar-refractivity contribution in [2.75, 3.05) is 7.11 Å². The molecule has 0 atom stereocenters. The number of hydrogen-bond acceptors (Lipinski definition) is 4. The number of aliphatic hydroxyl groups is 1. The molecule has 7 nitrogen and oxygen atoms in total. The lowest BCUT2D eigenvalue weighted by molar-refractivity contribution is -0.132. The van der Waals surface area contributed by atoms with E-state index in [1.807, 2.05) is 0 Å². The van der Waals surface area contributed by atoms with Crippen molar-refractivity contribution in [3.63, 3.8) is 0 Å². The molecule has 20 heavy (non-hydrogen) atoms. The van der Waals surface area contributed by atoms with Crippen LogP contribution in [0.2, 0.25) is 0 Å². The maximum absolute atomic E-state index is 9.25. The second kappa shape index (κ2) is 36.0. The van der Waals surface area contributed by atoms with Gasteiger partial charge in [0.2, 0.25) is 0 Å². The van der Waals surface area contributed by atoms with Crippen molar-refractivity contribution >= 4 is 17.9 Å². The Balaban J connectivity index is -0.0000000487. The van der Waals surface area contributed by atoms with Crippen molar-refractivity contribution in [3.05, 3.63) is 38.0 Å². The Kier molecular flexibility index (Phi) is 54.9. The molecule has 0 bridgehead atoms. The van der Waals surface area contributed by atoms with Gasteiger partial charge >= 0.3 is 17.9 Å². The molecular weight excluding hydrogens is 268 g/mol. The maximum atomic E-state index is 9.25. The molecule has 0 unspecified atom stereocenters. The van der Waals surface area contributed by atoms with E-state index in [1.54, 1.807) is 0 Å². The number of carbonyl (C=O) groups is 3. The standard InChI is InChI=1S/3C3H4O2.C3H8.CH4O/c3*1-2-3(4)5;1-3-2;1-2/h3*2H,1H2,(H,4,5);3H2,1-2H3;2H,1H3. The highest BCUT2D eigenvalue weighted by Crippen LogP contribution is 1.56. The first-order chi connectivity index (χ1) is 9.22. The lowest BCUT2D eigenvalue weighted by atomic mass is 10.6. The minimum absolute atomic E-state index is 0.833. The summed E-state index contributed by atoms with van der Waals surface area (Å²) in [6, 6.07) is 0. The quantitative estimate of drug-likeness (QED) is 0.583. The van der Waals surface area contributed by atoms with Crippen LogP contribution in [0, 0.1) is 0 Å². The fourth-order valence-electron chi connectivity index (χ4n) is 0. The molecule has 0 heterocycles. The van der Waals surface area contributed by atoms with Crippen LogP contribution in [-0.4, -0.2) is 45.4 Å². The van der Waals surface area contributed by atoms with E-state index in [0.29, 0.717) is 0 Å². The SMILES string of the molecule is C=CC(=O)O.C=CC(=O)O.C=CC(=O)O.CCC.CO. The molecule has 0 aliphatic heterocycles. The monoisotopic (exact) mass is 292 g/mol. The summed E-state index contributed by atoms with van der Waals surface area (Å²) in [6.45, 7) is 13.1. The summed E-state index contributed by atoms with van der Waals surface area (Å²) < 4.78 is 0. The minimum atomic E-state index is -0.981. The van der Waals surface area contributed by atoms with Gasteiger partial charge in [0.1, 0.15) is 0 Å². The van der Waals surface area contributed by atoms with Gasteiger partial charge in [-0.05, 0) is 0 Å². The highest BCUT2D eigenvalue weighted by molar-refractivity contribution is 5.79. The topological polar surface area (TPSA) is 132 Å². The van der Waals surface area contributed by atoms with Crippen LogP contribution in [0.4, 0.5) is 0 Å². The number of aliphatic carboxylic acids is 3. The lowest BCUT2D eigenvalue weighted by Crippen LogP contribution is -1.82. The first-order valence-electron chi connectivity index (χ1n) is 5.24. The van der Waals surface area contributed by atoms with Crippen LogP contribution >= 0.6 is 0 Å². The van der Waals surface area contributed by atoms with Crippen molar-refractivity contribution in [1.29, 1.82) is 0 Å². The van der Waals surface area contributed by atoms with Gasteiger partial charge in [-0.3, -0.25) is 0 Å². The fourth-order valence-corrected chi connectivity index (χ4v) is 0. The van der Waals surface area contributed by atoms with Gasteiger partial charge in [-0.2, -0.15) is 0 Å². The Morgan fingerprint density at radius 2 is 0.800 bits per heavy atom. The number of aliphatic hydroxyl groups excluding tert-OH is 1. The molecule has 0 aliphatic carbocycles. The zero-order valence-corrected chi connectivity index (χ0v) is 12.1. The van der Waals surface area contributed by atoms with Crippen molar-refractivity contribution in [2.24, 2.45) is 0 Å². The molecule has 0 amide bonds. The number of carboxylic acids is 3. The van der Waals surface area contributed by atoms with E-state index in [1.165, 1.54) is 6.42 Å². The first-order valence-corrected chi connectivity index (χ1v) is 5.24. The van der Waals surface area contributed by atoms with E-state index in [-0.39, 0.29) is 0 Å². The lowest BCUT2D eigenvalue weighted by Gasteiger charge is -1.64. The molecular formula is C13H24O7. The van der Waals surface area contributed by atoms with Crippen LogP contribution in [0.3, 0.4) is 0 Å². The summed E-state index contributed by atoms with van der Waals surface area (Å²) in [5, 5.41) is 29.8. The van der Waals surface area contributed by atoms with Crippen molar-refractivity contribution < 1.29 is 34.8 Å². The van der Waals surface area contributed by atoms with Gasteiger partial charge in [0.05, 0.1) is 0 Å². The molecule has 0 spiro atoms. The molecule has 7 heteroatoms. The van der Waals surface area contributed by atoms with Gasteiger partial charge in [0.25, 0.3) is 0 Å². The van der Waals surface area contributed by atoms with Crippen LogP contribution in [0.15, 0.2) is 38.0 Å². The molecule has 0 rings (SSSR count). The van der Waals surface area contributed by atoms with Crippen LogP contribution < -0.4 is 0 Å². The fraction of sp³-hybridized carbons (Fsp3) is 0.308. The smallest absolute Gasteiger partial charge is 0.327 e. The predicted molar refractivity (Wildman–Crippen MR) is 77.6 cm³/mol. The van der Waals surface area contributed by atoms with Crippen LogP contribution in [0.5, 0.6) is 0 Å². The predicted octanol–water partition coefficient (Wildman–Crippen LogP) is 1.80. The Hall–Kier alpha value is -2.41. The summed E-state index contributed by atoms with van der Waals surface area (Å²) in [4.78, 5) is 27.8. The molecule has 0 radical (unpaired) electrons. The zero-order chi connectivity index (χ0) is 17.6. The molecule has 0 aromatic rings. The summed E-state index contributed by atoms with van der Waals surface area (Å²) in [7, 11) is 1.00. The van der Waals surface area contributed by atoms with Gasteiger partial charge in [-0.25, -0.2) is 14.4 Å². The Morgan fingerprint density at radius 3 is 0.800 bits per heavy atom. The first kappa shape index (κ1) is 30.5. The van der Waals surface area contributed by atoms with E-state index in [4.69, 9.17) is 20.4 Å². The van der Waals surface area contributed by atoms with Crippen molar-refractivity contribution in [1.82, 2.24) is 0 Å². The van der Waals surface area contributed by atoms with Gasteiger partial charge in [-0.15, -0.1) is 0 Å². The molecule has 118 valence electrons. The summed E-state index contributed by atoms with van der Waals surface area (Å²) in [6.07, 6.45) is 3.75. The summed E-state index contributed by atoms with van der Waals surface area (Å²) >= 11 is 0. The number of carboxylic acid groups (broad SMARTS) is 3. The average molecular weight is 292 g/mol. The highest BCUT2D eigenvalue weighted by Gasteiger charge is 1.74. The molecule has 0 saturated heterocycles. The molecule has 0 aromatic carbocycles. The van der Waals surface area contributed by atoms with E-state index >= 15 is 0 Å². The minimum Gasteiger partial charge on any atom is -0.478 e. The average Bonchev–Trinajstić information content (AvgIpc) is 2.43. The summed E-state index contributed by atoms with van der Waals surface area (Å²) in [5.41, 5.74) is 0. The highest BCUT2D eigenvalue weighted by atomic mass is 16.4. The normalized spacial score (nSPS) is 6.00. The molecule has 4 N–H and O–H groups in total. The largest absolute Gasteiger partial charge is 0.478 e. The third kappa shape index (κ3) is 257. The second-order valence-corrected chi connectivity index (χ2v) is 2.33. The van der Waals surface area contributed by atoms with E-state index in [2.05, 4.69) is 33.6 Å². The van der Waals surface area contributed by atoms with Gasteiger partial charge in [-0.1, -0.05) is 40.0 Å². The number of hydrogen-bond donors (Lipinski definition) is 4. The Bertz CT molecular complexity index is 227. The third-order valence-corrected chi connectivity index (χ3v) is 0.524. The van der Waals surface area contributed by atoms with Crippen LogP contribution in [0.25, 0.3) is 0 Å². The van der Waals surface area contributed by atoms with Gasteiger partial charge < -0.3 is 20.4 Å². The summed E-state index contributed by atoms with van der Waals surface area (Å²) in [5.74, 6) is -2.94. The molecule has 0 saturated carbocycles. The van der Waals surface area contributed by atoms with Crippen molar-refractivity contribution in [2.45, 2.75) is 20.3 Å². The third-order valence-electron chi connectivity index (χ3n) is 0.524. The van der Waals surface area contributed by atoms with Gasteiger partial charge in [0, 0.05) is 25.3 Å². The zero-order valence-electron chi connectivity index (χ0n) is 12.1. The Labute approximate surface area is 119 Å². The van der Waals surface area contributed by atoms with E-state index < -0.39 is 17.9 Å². The van der Waals surface area contributed by atoms with E-state index in [0.717, 1.165) is 25.3 Å². The Morgan fingerprint density at radius 1 is 0.750 bits per heavy atom. The van der Waals surface area contributed by atoms with Crippen LogP contribution in [0.1, 0.15) is 20.3 Å². The van der Waals surface area contributed by atoms with Crippen LogP contribution in [-0.2, 0) is 14.4 Å². The molecule has 0 aliphatic rings. The van der Waals surface area contributed by atoms with Gasteiger partial charge in [0.15, 0.2) is 0 Å². The van der Waals surface area contributed by atoms with Crippen molar-refractivity contribution in [3.8, 4) is 0 Å². The maximum Gasteiger partial charge on any atom is 0.327 e. The number of rotatable bonds is 3.